The second-order valence-corrected chi connectivity index (χ2v) is 8.23. The van der Waals surface area contributed by atoms with Crippen LogP contribution in [0.2, 0.25) is 0 Å². The normalized spacial score (nSPS) is 23.4. The highest BCUT2D eigenvalue weighted by atomic mass is 16.5. The van der Waals surface area contributed by atoms with Crippen molar-refractivity contribution in [2.45, 2.75) is 51.6 Å². The number of carbonyl (C=O) groups excluding carboxylic acids is 1. The quantitative estimate of drug-likeness (QED) is 0.822. The average Bonchev–Trinajstić information content (AvgIpc) is 3.19. The first-order chi connectivity index (χ1) is 13.1. The van der Waals surface area contributed by atoms with E-state index >= 15 is 0 Å². The molecule has 5 nitrogen and oxygen atoms in total. The zero-order valence-corrected chi connectivity index (χ0v) is 16.3. The van der Waals surface area contributed by atoms with Gasteiger partial charge in [0.2, 0.25) is 0 Å². The Morgan fingerprint density at radius 2 is 2.04 bits per heavy atom. The molecular formula is C22H29N3O2. The van der Waals surface area contributed by atoms with E-state index in [0.717, 1.165) is 38.4 Å². The number of fused-ring (bicyclic) bond motifs is 1. The molecule has 2 saturated heterocycles. The second-order valence-electron chi connectivity index (χ2n) is 8.23. The smallest absolute Gasteiger partial charge is 0.276 e. The number of nitrogens with zero attached hydrogens (tertiary/aromatic N) is 3. The fourth-order valence-electron chi connectivity index (χ4n) is 4.53. The molecule has 4 rings (SSSR count). The van der Waals surface area contributed by atoms with E-state index in [-0.39, 0.29) is 11.8 Å². The molecule has 0 saturated carbocycles. The Kier molecular flexibility index (Phi) is 5.30. The van der Waals surface area contributed by atoms with Crippen LogP contribution in [0, 0.1) is 5.92 Å². The van der Waals surface area contributed by atoms with Gasteiger partial charge in [-0.3, -0.25) is 9.69 Å². The molecule has 0 radical (unpaired) electrons. The van der Waals surface area contributed by atoms with Crippen LogP contribution in [0.25, 0.3) is 0 Å². The van der Waals surface area contributed by atoms with Crippen LogP contribution in [-0.4, -0.2) is 46.5 Å². The van der Waals surface area contributed by atoms with Gasteiger partial charge >= 0.3 is 0 Å². The maximum Gasteiger partial charge on any atom is 0.276 e. The predicted molar refractivity (Wildman–Crippen MR) is 104 cm³/mol. The van der Waals surface area contributed by atoms with Crippen molar-refractivity contribution in [2.24, 2.45) is 5.92 Å². The number of carbonyl (C=O) groups is 1. The molecule has 27 heavy (non-hydrogen) atoms. The highest BCUT2D eigenvalue weighted by Crippen LogP contribution is 2.32. The largest absolute Gasteiger partial charge is 0.360 e. The van der Waals surface area contributed by atoms with Crippen LogP contribution in [0.4, 0.5) is 0 Å². The zero-order valence-electron chi connectivity index (χ0n) is 16.3. The van der Waals surface area contributed by atoms with Gasteiger partial charge in [0.05, 0.1) is 0 Å². The summed E-state index contributed by atoms with van der Waals surface area (Å²) in [6.45, 7) is 7.89. The molecule has 2 fully saturated rings. The van der Waals surface area contributed by atoms with Gasteiger partial charge in [-0.05, 0) is 37.3 Å². The van der Waals surface area contributed by atoms with Crippen LogP contribution in [0.15, 0.2) is 40.9 Å². The molecule has 0 N–H and O–H groups in total. The van der Waals surface area contributed by atoms with Gasteiger partial charge in [0.1, 0.15) is 5.76 Å². The summed E-state index contributed by atoms with van der Waals surface area (Å²) < 4.78 is 5.32. The van der Waals surface area contributed by atoms with Crippen molar-refractivity contribution < 1.29 is 9.32 Å². The standard InChI is InChI=1S/C22H29N3O2/c1-16(2)21-13-19(23-27-21)22(26)25-12-10-20-18(15-25)9-6-11-24(20)14-17-7-4-3-5-8-17/h3-5,7-8,13,16,18,20H,6,9-12,14-15H2,1-2H3. The average molecular weight is 367 g/mol. The third-order valence-electron chi connectivity index (χ3n) is 6.02. The van der Waals surface area contributed by atoms with Crippen LogP contribution in [-0.2, 0) is 6.54 Å². The Bertz CT molecular complexity index is 771. The summed E-state index contributed by atoms with van der Waals surface area (Å²) in [6.07, 6.45) is 3.45. The first kappa shape index (κ1) is 18.2. The number of amides is 1. The molecule has 5 heteroatoms. The lowest BCUT2D eigenvalue weighted by atomic mass is 9.83. The van der Waals surface area contributed by atoms with Crippen LogP contribution >= 0.6 is 0 Å². The highest BCUT2D eigenvalue weighted by Gasteiger charge is 2.37. The zero-order chi connectivity index (χ0) is 18.8. The van der Waals surface area contributed by atoms with Gasteiger partial charge in [0, 0.05) is 37.7 Å². The molecule has 2 unspecified atom stereocenters. The van der Waals surface area contributed by atoms with Crippen molar-refractivity contribution >= 4 is 5.91 Å². The lowest BCUT2D eigenvalue weighted by Crippen LogP contribution is -2.54. The van der Waals surface area contributed by atoms with Gasteiger partial charge in [-0.25, -0.2) is 0 Å². The van der Waals surface area contributed by atoms with Crippen molar-refractivity contribution in [1.29, 1.82) is 0 Å². The molecule has 2 aromatic rings. The molecule has 2 atom stereocenters. The number of rotatable bonds is 4. The van der Waals surface area contributed by atoms with Crippen molar-refractivity contribution in [3.05, 3.63) is 53.4 Å². The molecule has 0 bridgehead atoms. The maximum atomic E-state index is 12.9. The Morgan fingerprint density at radius 3 is 2.78 bits per heavy atom. The summed E-state index contributed by atoms with van der Waals surface area (Å²) in [6, 6.07) is 13.1. The Labute approximate surface area is 161 Å². The Balaban J connectivity index is 1.41. The lowest BCUT2D eigenvalue weighted by Gasteiger charge is -2.47. The van der Waals surface area contributed by atoms with Gasteiger partial charge in [0.15, 0.2) is 5.69 Å². The minimum atomic E-state index is 0.0179. The van der Waals surface area contributed by atoms with E-state index in [4.69, 9.17) is 4.52 Å². The number of hydrogen-bond acceptors (Lipinski definition) is 4. The fourth-order valence-corrected chi connectivity index (χ4v) is 4.53. The Morgan fingerprint density at radius 1 is 1.22 bits per heavy atom. The molecule has 0 spiro atoms. The number of hydrogen-bond donors (Lipinski definition) is 0. The van der Waals surface area contributed by atoms with Crippen molar-refractivity contribution in [1.82, 2.24) is 15.0 Å². The molecule has 1 amide bonds. The SMILES string of the molecule is CC(C)c1cc(C(=O)N2CCC3C(CCCN3Cc3ccccc3)C2)no1. The van der Waals surface area contributed by atoms with Crippen molar-refractivity contribution in [3.63, 3.8) is 0 Å². The van der Waals surface area contributed by atoms with E-state index < -0.39 is 0 Å². The van der Waals surface area contributed by atoms with Gasteiger partial charge < -0.3 is 9.42 Å². The van der Waals surface area contributed by atoms with E-state index in [1.807, 2.05) is 24.8 Å². The van der Waals surface area contributed by atoms with Gasteiger partial charge in [-0.2, -0.15) is 0 Å². The minimum absolute atomic E-state index is 0.0179. The monoisotopic (exact) mass is 367 g/mol. The van der Waals surface area contributed by atoms with Gasteiger partial charge in [-0.15, -0.1) is 0 Å². The van der Waals surface area contributed by atoms with E-state index in [2.05, 4.69) is 40.4 Å². The topological polar surface area (TPSA) is 49.6 Å². The molecule has 3 heterocycles. The van der Waals surface area contributed by atoms with E-state index in [0.29, 0.717) is 17.7 Å². The predicted octanol–water partition coefficient (Wildman–Crippen LogP) is 3.92. The summed E-state index contributed by atoms with van der Waals surface area (Å²) in [7, 11) is 0. The van der Waals surface area contributed by atoms with Crippen LogP contribution in [0.3, 0.4) is 0 Å². The molecule has 2 aliphatic heterocycles. The summed E-state index contributed by atoms with van der Waals surface area (Å²) in [5, 5.41) is 4.01. The van der Waals surface area contributed by atoms with E-state index in [1.165, 1.54) is 18.4 Å². The van der Waals surface area contributed by atoms with Crippen molar-refractivity contribution in [3.8, 4) is 0 Å². The molecule has 2 aliphatic rings. The number of benzene rings is 1. The van der Waals surface area contributed by atoms with Crippen LogP contribution < -0.4 is 0 Å². The summed E-state index contributed by atoms with van der Waals surface area (Å²) >= 11 is 0. The Hall–Kier alpha value is -2.14. The van der Waals surface area contributed by atoms with Crippen LogP contribution in [0.5, 0.6) is 0 Å². The number of aromatic nitrogens is 1. The van der Waals surface area contributed by atoms with Gasteiger partial charge in [0.25, 0.3) is 5.91 Å². The first-order valence-corrected chi connectivity index (χ1v) is 10.2. The second kappa shape index (κ2) is 7.85. The molecule has 144 valence electrons. The lowest BCUT2D eigenvalue weighted by molar-refractivity contribution is 0.0170. The third kappa shape index (κ3) is 3.93. The van der Waals surface area contributed by atoms with Crippen LogP contribution in [0.1, 0.15) is 60.8 Å². The number of piperidine rings is 2. The van der Waals surface area contributed by atoms with Gasteiger partial charge in [-0.1, -0.05) is 49.3 Å². The summed E-state index contributed by atoms with van der Waals surface area (Å²) in [5.41, 5.74) is 1.83. The highest BCUT2D eigenvalue weighted by molar-refractivity contribution is 5.92. The van der Waals surface area contributed by atoms with Crippen molar-refractivity contribution in [2.75, 3.05) is 19.6 Å². The summed E-state index contributed by atoms with van der Waals surface area (Å²) in [5.74, 6) is 1.59. The third-order valence-corrected chi connectivity index (χ3v) is 6.02. The minimum Gasteiger partial charge on any atom is -0.360 e. The molecule has 0 aliphatic carbocycles. The molecular weight excluding hydrogens is 338 g/mol. The summed E-state index contributed by atoms with van der Waals surface area (Å²) in [4.78, 5) is 17.5. The first-order valence-electron chi connectivity index (χ1n) is 10.2. The maximum absolute atomic E-state index is 12.9. The molecule has 1 aromatic heterocycles. The number of likely N-dealkylation sites (tertiary alicyclic amines) is 2. The van der Waals surface area contributed by atoms with E-state index in [1.54, 1.807) is 0 Å². The van der Waals surface area contributed by atoms with E-state index in [9.17, 15) is 4.79 Å². The molecule has 1 aromatic carbocycles. The fraction of sp³-hybridized carbons (Fsp3) is 0.545.